The predicted octanol–water partition coefficient (Wildman–Crippen LogP) is 6.11. The number of aliphatic carboxylic acids is 1. The monoisotopic (exact) mass is 1070 g/mol. The molecule has 5 aromatic carbocycles. The van der Waals surface area contributed by atoms with Gasteiger partial charge in [-0.1, -0.05) is 10.1 Å². The molecule has 30 nitrogen and oxygen atoms in total. The number of hydrogen-bond donors (Lipinski definition) is 9. The third kappa shape index (κ3) is 12.6. The molecule has 0 aromatic heterocycles. The molecule has 6 rings (SSSR count). The van der Waals surface area contributed by atoms with Crippen molar-refractivity contribution < 1.29 is 105 Å². The SMILES string of the molecule is O=C(O)C1=NN(c2ccc(S(=O)(=O)O)cc2)C(=O)C1/N=N/c1ccc2c(O)c(/N=N/c3cc(OCCO)c(/N=N/c4ccc(SOOO)cc4C(=O)O)cc3OCCO)c(SOOO)cc2c1S(=O)(=O)O. The van der Waals surface area contributed by atoms with Crippen molar-refractivity contribution in [2.45, 2.75) is 25.6 Å². The number of nitrogens with zero attached hydrogens (tertiary/aromatic N) is 8. The first kappa shape index (κ1) is 53.2. The van der Waals surface area contributed by atoms with Crippen LogP contribution in [0.15, 0.2) is 128 Å². The Labute approximate surface area is 404 Å². The van der Waals surface area contributed by atoms with Gasteiger partial charge in [0.2, 0.25) is 6.04 Å². The van der Waals surface area contributed by atoms with E-state index in [9.17, 15) is 65.9 Å². The second-order valence-electron chi connectivity index (χ2n) is 13.4. The van der Waals surface area contributed by atoms with Crippen molar-refractivity contribution in [3.63, 3.8) is 0 Å². The van der Waals surface area contributed by atoms with Gasteiger partial charge in [-0.3, -0.25) is 13.9 Å². The van der Waals surface area contributed by atoms with Gasteiger partial charge in [0.25, 0.3) is 26.1 Å². The van der Waals surface area contributed by atoms with E-state index >= 15 is 0 Å². The third-order valence-electron chi connectivity index (χ3n) is 8.98. The Morgan fingerprint density at radius 3 is 1.85 bits per heavy atom. The van der Waals surface area contributed by atoms with E-state index in [0.29, 0.717) is 17.1 Å². The number of azo groups is 3. The molecule has 0 saturated heterocycles. The molecule has 0 aliphatic carbocycles. The number of carboxylic acid groups (broad SMARTS) is 2. The van der Waals surface area contributed by atoms with Gasteiger partial charge in [0.1, 0.15) is 58.0 Å². The molecule has 71 heavy (non-hydrogen) atoms. The highest BCUT2D eigenvalue weighted by molar-refractivity contribution is 7.95. The summed E-state index contributed by atoms with van der Waals surface area (Å²) in [6.07, 6.45) is 0. The molecule has 1 unspecified atom stereocenters. The summed E-state index contributed by atoms with van der Waals surface area (Å²) in [5.74, 6) is -5.60. The summed E-state index contributed by atoms with van der Waals surface area (Å²) >= 11 is 0.595. The number of carbonyl (C=O) groups excluding carboxylic acids is 1. The highest BCUT2D eigenvalue weighted by atomic mass is 32.2. The predicted molar refractivity (Wildman–Crippen MR) is 237 cm³/mol. The summed E-state index contributed by atoms with van der Waals surface area (Å²) in [7, 11) is -10.1. The van der Waals surface area contributed by atoms with Crippen LogP contribution in [0.4, 0.5) is 34.1 Å². The fourth-order valence-electron chi connectivity index (χ4n) is 6.04. The maximum atomic E-state index is 13.4. The summed E-state index contributed by atoms with van der Waals surface area (Å²) < 4.78 is 88.8. The van der Waals surface area contributed by atoms with Crippen molar-refractivity contribution in [1.82, 2.24) is 0 Å². The average Bonchev–Trinajstić information content (AvgIpc) is 3.67. The minimum atomic E-state index is -5.40. The first-order chi connectivity index (χ1) is 33.8. The highest BCUT2D eigenvalue weighted by Crippen LogP contribution is 2.48. The Morgan fingerprint density at radius 2 is 1.28 bits per heavy atom. The Balaban J connectivity index is 1.42. The Morgan fingerprint density at radius 1 is 0.690 bits per heavy atom. The average molecular weight is 1070 g/mol. The smallest absolute Gasteiger partial charge is 0.355 e. The summed E-state index contributed by atoms with van der Waals surface area (Å²) in [6, 6.07) is 10.7. The molecule has 34 heteroatoms. The Hall–Kier alpha value is -7.16. The van der Waals surface area contributed by atoms with Crippen LogP contribution in [0.3, 0.4) is 0 Å². The zero-order valence-electron chi connectivity index (χ0n) is 34.9. The molecule has 0 bridgehead atoms. The fourth-order valence-corrected chi connectivity index (χ4v) is 8.23. The number of ether oxygens (including phenoxy) is 2. The zero-order valence-corrected chi connectivity index (χ0v) is 38.1. The van der Waals surface area contributed by atoms with Crippen LogP contribution in [0.2, 0.25) is 0 Å². The largest absolute Gasteiger partial charge is 0.505 e. The number of carboxylic acids is 2. The standard InChI is InChI=1S/C37H30N8O22S4/c46-9-11-62-27-16-26(28(63-12-10-47)15-25(27)40-38-23-7-3-18(68-66-64-54)13-22(23)36(50)51)41-42-30-29(69-67-65-55)14-21-20(33(30)48)6-8-24(34(21)71(59,60)61)39-43-31-32(37(52)53)44-45(35(31)49)17-1-4-19(5-2-17)70(56,57)58/h1-8,13-16,31,46-48,54-55H,9-12H2,(H,50,51)(H,52,53)(H,56,57,58)(H,59,60,61)/b40-38+,42-41+,43-39+. The number of benzene rings is 5. The number of aliphatic hydroxyl groups excluding tert-OH is 2. The quantitative estimate of drug-likeness (QED) is 0.0117. The van der Waals surface area contributed by atoms with Crippen molar-refractivity contribution in [3.8, 4) is 17.2 Å². The van der Waals surface area contributed by atoms with E-state index < -0.39 is 100 Å². The van der Waals surface area contributed by atoms with Gasteiger partial charge in [-0.15, -0.1) is 29.1 Å². The number of phenolic OH excluding ortho intramolecular Hbond substituents is 1. The molecule has 0 saturated carbocycles. The minimum absolute atomic E-state index is 0.115. The van der Waals surface area contributed by atoms with Crippen molar-refractivity contribution >= 4 is 113 Å². The minimum Gasteiger partial charge on any atom is -0.505 e. The molecule has 5 aromatic rings. The van der Waals surface area contributed by atoms with E-state index in [0.717, 1.165) is 54.6 Å². The van der Waals surface area contributed by atoms with E-state index in [1.807, 2.05) is 0 Å². The molecule has 0 radical (unpaired) electrons. The van der Waals surface area contributed by atoms with Gasteiger partial charge < -0.3 is 35.0 Å². The van der Waals surface area contributed by atoms with E-state index in [1.54, 1.807) is 0 Å². The summed E-state index contributed by atoms with van der Waals surface area (Å²) in [5, 5.41) is 102. The fraction of sp³-hybridized carbons (Fsp3) is 0.135. The second-order valence-corrected chi connectivity index (χ2v) is 17.6. The van der Waals surface area contributed by atoms with Crippen LogP contribution in [-0.2, 0) is 48.6 Å². The maximum absolute atomic E-state index is 13.4. The van der Waals surface area contributed by atoms with E-state index in [-0.39, 0.29) is 75.4 Å². The van der Waals surface area contributed by atoms with E-state index in [1.165, 1.54) is 18.2 Å². The number of aliphatic hydroxyl groups is 2. The number of aromatic hydroxyl groups is 1. The van der Waals surface area contributed by atoms with Crippen LogP contribution >= 0.6 is 24.1 Å². The number of anilines is 1. The van der Waals surface area contributed by atoms with E-state index in [4.69, 9.17) is 20.0 Å². The van der Waals surface area contributed by atoms with Crippen molar-refractivity contribution in [1.29, 1.82) is 0 Å². The zero-order chi connectivity index (χ0) is 51.6. The lowest BCUT2D eigenvalue weighted by molar-refractivity contribution is -0.432. The third-order valence-corrected chi connectivity index (χ3v) is 12.0. The molecular formula is C37H30N8O22S4. The van der Waals surface area contributed by atoms with Gasteiger partial charge in [-0.05, 0) is 60.7 Å². The molecule has 9 N–H and O–H groups in total. The molecule has 0 fully saturated rings. The van der Waals surface area contributed by atoms with Crippen LogP contribution < -0.4 is 14.5 Å². The van der Waals surface area contributed by atoms with Gasteiger partial charge in [0.05, 0.1) is 58.3 Å². The van der Waals surface area contributed by atoms with E-state index in [2.05, 4.69) is 54.5 Å². The number of carbonyl (C=O) groups is 3. The van der Waals surface area contributed by atoms with Crippen LogP contribution in [0.25, 0.3) is 10.8 Å². The maximum Gasteiger partial charge on any atom is 0.355 e. The number of rotatable bonds is 23. The first-order valence-corrected chi connectivity index (χ1v) is 23.3. The van der Waals surface area contributed by atoms with Gasteiger partial charge in [0, 0.05) is 27.8 Å². The molecule has 374 valence electrons. The van der Waals surface area contributed by atoms with Gasteiger partial charge in [-0.25, -0.2) is 20.1 Å². The highest BCUT2D eigenvalue weighted by Gasteiger charge is 2.41. The van der Waals surface area contributed by atoms with Crippen molar-refractivity contribution in [2.24, 2.45) is 35.8 Å². The Bertz CT molecular complexity index is 3230. The second kappa shape index (κ2) is 23.2. The first-order valence-electron chi connectivity index (χ1n) is 18.9. The lowest BCUT2D eigenvalue weighted by Crippen LogP contribution is -2.33. The molecule has 0 spiro atoms. The van der Waals surface area contributed by atoms with Crippen LogP contribution in [-0.4, -0.2) is 118 Å². The summed E-state index contributed by atoms with van der Waals surface area (Å²) in [6.45, 7) is -1.74. The normalized spacial score (nSPS) is 14.3. The number of amides is 1. The molecule has 1 aliphatic rings. The Kier molecular flexibility index (Phi) is 17.4. The lowest BCUT2D eigenvalue weighted by Gasteiger charge is -2.14. The van der Waals surface area contributed by atoms with Crippen molar-refractivity contribution in [2.75, 3.05) is 31.4 Å². The van der Waals surface area contributed by atoms with Crippen molar-refractivity contribution in [3.05, 3.63) is 78.4 Å². The van der Waals surface area contributed by atoms with Gasteiger partial charge >= 0.3 is 11.9 Å². The summed E-state index contributed by atoms with van der Waals surface area (Å²) in [4.78, 5) is 35.7. The number of phenols is 1. The number of aromatic carboxylic acids is 1. The van der Waals surface area contributed by atoms with Gasteiger partial charge in [0.15, 0.2) is 11.5 Å². The topological polar surface area (TPSA) is 447 Å². The van der Waals surface area contributed by atoms with Crippen LogP contribution in [0.1, 0.15) is 10.4 Å². The lowest BCUT2D eigenvalue weighted by atomic mass is 10.1. The molecule has 1 amide bonds. The molecule has 1 atom stereocenters. The number of hydrazone groups is 1. The molecule has 1 heterocycles. The molecular weight excluding hydrogens is 1040 g/mol. The number of fused-ring (bicyclic) bond motifs is 1. The molecule has 1 aliphatic heterocycles. The van der Waals surface area contributed by atoms with Crippen LogP contribution in [0.5, 0.6) is 17.2 Å². The van der Waals surface area contributed by atoms with Gasteiger partial charge in [-0.2, -0.15) is 37.2 Å². The summed E-state index contributed by atoms with van der Waals surface area (Å²) in [5.41, 5.74) is -3.27. The number of hydrogen-bond acceptors (Lipinski definition) is 27. The van der Waals surface area contributed by atoms with Crippen LogP contribution in [0, 0.1) is 0 Å².